The second kappa shape index (κ2) is 6.24. The maximum atomic E-state index is 11.7. The van der Waals surface area contributed by atoms with Crippen LogP contribution in [0.1, 0.15) is 24.1 Å². The third-order valence-corrected chi connectivity index (χ3v) is 3.37. The summed E-state index contributed by atoms with van der Waals surface area (Å²) >= 11 is 0. The van der Waals surface area contributed by atoms with Crippen LogP contribution in [0.25, 0.3) is 0 Å². The molecule has 3 nitrogen and oxygen atoms in total. The van der Waals surface area contributed by atoms with Crippen molar-refractivity contribution < 1.29 is 9.90 Å². The van der Waals surface area contributed by atoms with E-state index in [1.54, 1.807) is 0 Å². The molecule has 1 unspecified atom stereocenters. The number of rotatable bonds is 5. The summed E-state index contributed by atoms with van der Waals surface area (Å²) in [6, 6.07) is 16.7. The maximum Gasteiger partial charge on any atom is 0.331 e. The van der Waals surface area contributed by atoms with Gasteiger partial charge in [0, 0.05) is 12.2 Å². The highest BCUT2D eigenvalue weighted by Gasteiger charge is 2.26. The van der Waals surface area contributed by atoms with Gasteiger partial charge < -0.3 is 10.0 Å². The molecular weight excluding hydrogens is 250 g/mol. The Kier molecular flexibility index (Phi) is 4.41. The number of aliphatic carboxylic acids is 1. The van der Waals surface area contributed by atoms with E-state index in [1.165, 1.54) is 0 Å². The van der Waals surface area contributed by atoms with Crippen molar-refractivity contribution in [2.45, 2.75) is 19.9 Å². The number of benzene rings is 2. The predicted molar refractivity (Wildman–Crippen MR) is 81.0 cm³/mol. The second-order valence-corrected chi connectivity index (χ2v) is 4.77. The quantitative estimate of drug-likeness (QED) is 0.900. The molecule has 104 valence electrons. The average Bonchev–Trinajstić information content (AvgIpc) is 2.46. The molecule has 2 aromatic rings. The van der Waals surface area contributed by atoms with Gasteiger partial charge in [-0.2, -0.15) is 0 Å². The van der Waals surface area contributed by atoms with Crippen LogP contribution < -0.4 is 4.90 Å². The molecule has 20 heavy (non-hydrogen) atoms. The van der Waals surface area contributed by atoms with E-state index in [9.17, 15) is 9.90 Å². The Bertz CT molecular complexity index is 563. The third kappa shape index (κ3) is 2.99. The molecule has 0 aliphatic carbocycles. The van der Waals surface area contributed by atoms with Gasteiger partial charge in [0.05, 0.1) is 0 Å². The Morgan fingerprint density at radius 3 is 2.20 bits per heavy atom. The van der Waals surface area contributed by atoms with Gasteiger partial charge in [-0.3, -0.25) is 0 Å². The highest BCUT2D eigenvalue weighted by atomic mass is 16.4. The molecule has 2 rings (SSSR count). The van der Waals surface area contributed by atoms with Gasteiger partial charge in [0.1, 0.15) is 0 Å². The van der Waals surface area contributed by atoms with Crippen molar-refractivity contribution in [1.29, 1.82) is 0 Å². The molecule has 1 atom stereocenters. The molecule has 0 saturated heterocycles. The van der Waals surface area contributed by atoms with Crippen molar-refractivity contribution in [2.75, 3.05) is 11.4 Å². The lowest BCUT2D eigenvalue weighted by Gasteiger charge is -2.30. The van der Waals surface area contributed by atoms with Crippen LogP contribution in [-0.2, 0) is 4.79 Å². The number of likely N-dealkylation sites (N-methyl/N-ethyl adjacent to an activating group) is 1. The molecule has 3 heteroatoms. The number of aryl methyl sites for hydroxylation is 1. The smallest absolute Gasteiger partial charge is 0.331 e. The van der Waals surface area contributed by atoms with Crippen LogP contribution >= 0.6 is 0 Å². The van der Waals surface area contributed by atoms with Gasteiger partial charge in [0.2, 0.25) is 0 Å². The van der Waals surface area contributed by atoms with Gasteiger partial charge in [0.25, 0.3) is 0 Å². The van der Waals surface area contributed by atoms with Crippen molar-refractivity contribution in [1.82, 2.24) is 0 Å². The van der Waals surface area contributed by atoms with E-state index in [1.807, 2.05) is 73.3 Å². The number of carboxylic acids is 1. The van der Waals surface area contributed by atoms with E-state index < -0.39 is 12.0 Å². The first-order chi connectivity index (χ1) is 9.63. The number of nitrogens with zero attached hydrogens (tertiary/aromatic N) is 1. The zero-order chi connectivity index (χ0) is 14.5. The highest BCUT2D eigenvalue weighted by molar-refractivity contribution is 5.80. The first kappa shape index (κ1) is 14.1. The standard InChI is InChI=1S/C17H19NO2/c1-3-18(15-7-5-4-6-8-15)16(17(19)20)14-11-9-13(2)10-12-14/h4-12,16H,3H2,1-2H3,(H,19,20). The van der Waals surface area contributed by atoms with Crippen LogP contribution in [0.4, 0.5) is 5.69 Å². The molecule has 0 aliphatic heterocycles. The van der Waals surface area contributed by atoms with Crippen LogP contribution in [0.3, 0.4) is 0 Å². The molecule has 0 spiro atoms. The van der Waals surface area contributed by atoms with E-state index in [4.69, 9.17) is 0 Å². The predicted octanol–water partition coefficient (Wildman–Crippen LogP) is 3.65. The van der Waals surface area contributed by atoms with Crippen LogP contribution in [0.2, 0.25) is 0 Å². The summed E-state index contributed by atoms with van der Waals surface area (Å²) in [7, 11) is 0. The van der Waals surface area contributed by atoms with E-state index in [0.717, 1.165) is 16.8 Å². The molecule has 2 aromatic carbocycles. The number of hydrogen-bond acceptors (Lipinski definition) is 2. The minimum Gasteiger partial charge on any atom is -0.479 e. The molecule has 1 N–H and O–H groups in total. The Balaban J connectivity index is 2.41. The Labute approximate surface area is 119 Å². The molecular formula is C17H19NO2. The van der Waals surface area contributed by atoms with E-state index >= 15 is 0 Å². The Morgan fingerprint density at radius 1 is 1.10 bits per heavy atom. The van der Waals surface area contributed by atoms with Crippen LogP contribution in [-0.4, -0.2) is 17.6 Å². The van der Waals surface area contributed by atoms with E-state index in [0.29, 0.717) is 6.54 Å². The lowest BCUT2D eigenvalue weighted by molar-refractivity contribution is -0.138. The normalized spacial score (nSPS) is 11.9. The molecule has 0 aliphatic rings. The number of para-hydroxylation sites is 1. The summed E-state index contributed by atoms with van der Waals surface area (Å²) in [4.78, 5) is 13.6. The van der Waals surface area contributed by atoms with Crippen LogP contribution in [0.15, 0.2) is 54.6 Å². The molecule has 0 heterocycles. The summed E-state index contributed by atoms with van der Waals surface area (Å²) in [5.74, 6) is -0.834. The third-order valence-electron chi connectivity index (χ3n) is 3.37. The van der Waals surface area contributed by atoms with E-state index in [2.05, 4.69) is 0 Å². The summed E-state index contributed by atoms with van der Waals surface area (Å²) in [6.45, 7) is 4.60. The van der Waals surface area contributed by atoms with Crippen molar-refractivity contribution >= 4 is 11.7 Å². The number of carboxylic acid groups (broad SMARTS) is 1. The van der Waals surface area contributed by atoms with Gasteiger partial charge in [0.15, 0.2) is 6.04 Å². The molecule has 0 aromatic heterocycles. The fourth-order valence-corrected chi connectivity index (χ4v) is 2.34. The highest BCUT2D eigenvalue weighted by Crippen LogP contribution is 2.27. The minimum atomic E-state index is -0.834. The van der Waals surface area contributed by atoms with Gasteiger partial charge in [-0.25, -0.2) is 4.79 Å². The SMILES string of the molecule is CCN(c1ccccc1)C(C(=O)O)c1ccc(C)cc1. The van der Waals surface area contributed by atoms with E-state index in [-0.39, 0.29) is 0 Å². The fourth-order valence-electron chi connectivity index (χ4n) is 2.34. The van der Waals surface area contributed by atoms with Gasteiger partial charge in [-0.05, 0) is 31.5 Å². The summed E-state index contributed by atoms with van der Waals surface area (Å²) in [5.41, 5.74) is 2.84. The van der Waals surface area contributed by atoms with Gasteiger partial charge in [-0.15, -0.1) is 0 Å². The molecule has 0 radical (unpaired) electrons. The van der Waals surface area contributed by atoms with Crippen LogP contribution in [0, 0.1) is 6.92 Å². The van der Waals surface area contributed by atoms with Crippen molar-refractivity contribution in [3.05, 3.63) is 65.7 Å². The topological polar surface area (TPSA) is 40.5 Å². The lowest BCUT2D eigenvalue weighted by atomic mass is 10.0. The maximum absolute atomic E-state index is 11.7. The monoisotopic (exact) mass is 269 g/mol. The molecule has 0 bridgehead atoms. The minimum absolute atomic E-state index is 0.634. The zero-order valence-corrected chi connectivity index (χ0v) is 11.8. The zero-order valence-electron chi connectivity index (χ0n) is 11.8. The van der Waals surface area contributed by atoms with Crippen LogP contribution in [0.5, 0.6) is 0 Å². The number of hydrogen-bond donors (Lipinski definition) is 1. The Hall–Kier alpha value is -2.29. The summed E-state index contributed by atoms with van der Waals surface area (Å²) < 4.78 is 0. The second-order valence-electron chi connectivity index (χ2n) is 4.77. The van der Waals surface area contributed by atoms with Gasteiger partial charge >= 0.3 is 5.97 Å². The Morgan fingerprint density at radius 2 is 1.70 bits per heavy atom. The van der Waals surface area contributed by atoms with Gasteiger partial charge in [-0.1, -0.05) is 48.0 Å². The fraction of sp³-hybridized carbons (Fsp3) is 0.235. The van der Waals surface area contributed by atoms with Crippen molar-refractivity contribution in [3.8, 4) is 0 Å². The summed E-state index contributed by atoms with van der Waals surface area (Å²) in [5, 5.41) is 9.62. The largest absolute Gasteiger partial charge is 0.479 e. The molecule has 0 saturated carbocycles. The molecule has 0 amide bonds. The van der Waals surface area contributed by atoms with Crippen molar-refractivity contribution in [3.63, 3.8) is 0 Å². The summed E-state index contributed by atoms with van der Waals surface area (Å²) in [6.07, 6.45) is 0. The number of anilines is 1. The molecule has 0 fully saturated rings. The first-order valence-electron chi connectivity index (χ1n) is 6.74. The average molecular weight is 269 g/mol. The first-order valence-corrected chi connectivity index (χ1v) is 6.74. The lowest BCUT2D eigenvalue weighted by Crippen LogP contribution is -2.34. The number of carbonyl (C=O) groups is 1. The van der Waals surface area contributed by atoms with Crippen molar-refractivity contribution in [2.24, 2.45) is 0 Å².